The molecular weight excluding hydrogens is 208 g/mol. The summed E-state index contributed by atoms with van der Waals surface area (Å²) in [6, 6.07) is 0. The summed E-state index contributed by atoms with van der Waals surface area (Å²) in [5, 5.41) is 0. The van der Waals surface area contributed by atoms with Gasteiger partial charge in [0.15, 0.2) is 0 Å². The highest BCUT2D eigenvalue weighted by Gasteiger charge is 2.47. The topological polar surface area (TPSA) is 12.5 Å². The molecule has 4 aliphatic rings. The molecule has 0 spiro atoms. The lowest BCUT2D eigenvalue weighted by Gasteiger charge is -2.48. The third kappa shape index (κ3) is 1.49. The first kappa shape index (κ1) is 9.67. The van der Waals surface area contributed by atoms with Crippen molar-refractivity contribution in [3.63, 3.8) is 0 Å². The van der Waals surface area contributed by atoms with Crippen LogP contribution in [-0.4, -0.2) is 12.2 Å². The van der Waals surface area contributed by atoms with Crippen molar-refractivity contribution in [3.05, 3.63) is 60.8 Å². The summed E-state index contributed by atoms with van der Waals surface area (Å²) in [5.41, 5.74) is 0. The highest BCUT2D eigenvalue weighted by molar-refractivity contribution is 5.30. The largest absolute Gasteiger partial charge is 0.361 e. The smallest absolute Gasteiger partial charge is 0.106 e. The number of epoxide rings is 1. The van der Waals surface area contributed by atoms with Gasteiger partial charge in [0.25, 0.3) is 0 Å². The molecule has 0 aromatic carbocycles. The molecule has 0 aromatic rings. The van der Waals surface area contributed by atoms with E-state index in [1.54, 1.807) is 0 Å². The first-order valence-electron chi connectivity index (χ1n) is 6.47. The fraction of sp³-hybridized carbons (Fsp3) is 0.375. The highest BCUT2D eigenvalue weighted by Crippen LogP contribution is 2.51. The summed E-state index contributed by atoms with van der Waals surface area (Å²) in [4.78, 5) is 0. The van der Waals surface area contributed by atoms with Crippen molar-refractivity contribution < 1.29 is 4.74 Å². The van der Waals surface area contributed by atoms with Crippen LogP contribution in [0.15, 0.2) is 60.8 Å². The second-order valence-electron chi connectivity index (χ2n) is 5.30. The third-order valence-electron chi connectivity index (χ3n) is 4.39. The number of rotatable bonds is 0. The maximum atomic E-state index is 5.54. The van der Waals surface area contributed by atoms with Crippen LogP contribution in [0.3, 0.4) is 0 Å². The Hall–Kier alpha value is -1.34. The van der Waals surface area contributed by atoms with Crippen molar-refractivity contribution >= 4 is 0 Å². The van der Waals surface area contributed by atoms with E-state index in [4.69, 9.17) is 4.74 Å². The Labute approximate surface area is 102 Å². The molecule has 1 saturated heterocycles. The van der Waals surface area contributed by atoms with Crippen LogP contribution in [0.25, 0.3) is 0 Å². The molecule has 4 rings (SSSR count). The van der Waals surface area contributed by atoms with Gasteiger partial charge in [0, 0.05) is 0 Å². The first-order chi connectivity index (χ1) is 8.43. The summed E-state index contributed by atoms with van der Waals surface area (Å²) in [7, 11) is 0. The molecule has 0 N–H and O–H groups in total. The SMILES string of the molecule is C1=C\C=C/[C@H]2[C@@H](\C=C/1)[C@H]1/C=C\[C@@H]3O[C@@H]3/C=C\[C@@H]21. The zero-order valence-corrected chi connectivity index (χ0v) is 9.65. The fourth-order valence-corrected chi connectivity index (χ4v) is 3.34. The number of hydrogen-bond acceptors (Lipinski definition) is 1. The normalized spacial score (nSPS) is 58.4. The van der Waals surface area contributed by atoms with Crippen LogP contribution in [-0.2, 0) is 4.74 Å². The second kappa shape index (κ2) is 3.58. The van der Waals surface area contributed by atoms with Gasteiger partial charge >= 0.3 is 0 Å². The van der Waals surface area contributed by atoms with E-state index in [1.165, 1.54) is 0 Å². The summed E-state index contributed by atoms with van der Waals surface area (Å²) in [6.07, 6.45) is 23.3. The van der Waals surface area contributed by atoms with Crippen LogP contribution in [0.1, 0.15) is 0 Å². The lowest BCUT2D eigenvalue weighted by Crippen LogP contribution is -2.43. The molecule has 3 aliphatic carbocycles. The van der Waals surface area contributed by atoms with E-state index in [0.29, 0.717) is 35.9 Å². The van der Waals surface area contributed by atoms with Crippen molar-refractivity contribution in [2.45, 2.75) is 12.2 Å². The van der Waals surface area contributed by atoms with Crippen molar-refractivity contribution in [1.29, 1.82) is 0 Å². The van der Waals surface area contributed by atoms with Gasteiger partial charge in [-0.15, -0.1) is 0 Å². The molecular formula is C16H16O. The van der Waals surface area contributed by atoms with E-state index in [1.807, 2.05) is 0 Å². The first-order valence-corrected chi connectivity index (χ1v) is 6.47. The molecule has 0 radical (unpaired) electrons. The Morgan fingerprint density at radius 1 is 0.471 bits per heavy atom. The summed E-state index contributed by atoms with van der Waals surface area (Å²) < 4.78 is 5.54. The number of ether oxygens (including phenoxy) is 1. The van der Waals surface area contributed by atoms with Crippen LogP contribution in [0, 0.1) is 23.7 Å². The summed E-state index contributed by atoms with van der Waals surface area (Å²) >= 11 is 0. The van der Waals surface area contributed by atoms with Gasteiger partial charge < -0.3 is 4.74 Å². The van der Waals surface area contributed by atoms with Crippen LogP contribution in [0.5, 0.6) is 0 Å². The van der Waals surface area contributed by atoms with Crippen molar-refractivity contribution in [3.8, 4) is 0 Å². The standard InChI is InChI=1S/C16H16O/c1-2-4-6-12-11(5-3-1)13-7-9-15-16(17-15)10-8-14(12)13/h1-16H/b2-1-,5-3-,6-4-,9-7-,10-8-/t11-,12+,13-,14+,15+,16-. The summed E-state index contributed by atoms with van der Waals surface area (Å²) in [6.45, 7) is 0. The number of fused-ring (bicyclic) bond motifs is 5. The van der Waals surface area contributed by atoms with E-state index in [-0.39, 0.29) is 0 Å². The molecule has 1 saturated carbocycles. The molecule has 86 valence electrons. The van der Waals surface area contributed by atoms with Crippen LogP contribution in [0.2, 0.25) is 0 Å². The minimum atomic E-state index is 0.360. The molecule has 2 fully saturated rings. The fourth-order valence-electron chi connectivity index (χ4n) is 3.34. The van der Waals surface area contributed by atoms with Gasteiger partial charge in [0.1, 0.15) is 12.2 Å². The lowest BCUT2D eigenvalue weighted by molar-refractivity contribution is 0.124. The zero-order chi connectivity index (χ0) is 11.2. The Morgan fingerprint density at radius 2 is 0.941 bits per heavy atom. The Balaban J connectivity index is 1.67. The minimum Gasteiger partial charge on any atom is -0.361 e. The molecule has 0 amide bonds. The molecule has 1 aliphatic heterocycles. The predicted molar refractivity (Wildman–Crippen MR) is 68.3 cm³/mol. The molecule has 1 heterocycles. The van der Waals surface area contributed by atoms with Gasteiger partial charge in [-0.1, -0.05) is 60.8 Å². The molecule has 6 atom stereocenters. The molecule has 1 heteroatoms. The predicted octanol–water partition coefficient (Wildman–Crippen LogP) is 3.04. The maximum absolute atomic E-state index is 5.54. The van der Waals surface area contributed by atoms with Crippen LogP contribution >= 0.6 is 0 Å². The average molecular weight is 224 g/mol. The minimum absolute atomic E-state index is 0.360. The Kier molecular flexibility index (Phi) is 2.03. The summed E-state index contributed by atoms with van der Waals surface area (Å²) in [5.74, 6) is 2.65. The monoisotopic (exact) mass is 224 g/mol. The average Bonchev–Trinajstić information content (AvgIpc) is 3.00. The highest BCUT2D eigenvalue weighted by atomic mass is 16.6. The molecule has 0 unspecified atom stereocenters. The molecule has 0 aromatic heterocycles. The van der Waals surface area contributed by atoms with E-state index >= 15 is 0 Å². The van der Waals surface area contributed by atoms with E-state index in [0.717, 1.165) is 0 Å². The van der Waals surface area contributed by atoms with E-state index < -0.39 is 0 Å². The van der Waals surface area contributed by atoms with Crippen molar-refractivity contribution in [1.82, 2.24) is 0 Å². The maximum Gasteiger partial charge on any atom is 0.106 e. The van der Waals surface area contributed by atoms with Gasteiger partial charge in [-0.2, -0.15) is 0 Å². The molecule has 0 bridgehead atoms. The Morgan fingerprint density at radius 3 is 1.47 bits per heavy atom. The van der Waals surface area contributed by atoms with E-state index in [2.05, 4.69) is 60.8 Å². The van der Waals surface area contributed by atoms with Gasteiger partial charge in [0.2, 0.25) is 0 Å². The van der Waals surface area contributed by atoms with Crippen LogP contribution in [0.4, 0.5) is 0 Å². The van der Waals surface area contributed by atoms with Gasteiger partial charge in [-0.25, -0.2) is 0 Å². The van der Waals surface area contributed by atoms with E-state index in [9.17, 15) is 0 Å². The molecule has 17 heavy (non-hydrogen) atoms. The zero-order valence-electron chi connectivity index (χ0n) is 9.65. The van der Waals surface area contributed by atoms with Gasteiger partial charge in [0.05, 0.1) is 0 Å². The number of allylic oxidation sites excluding steroid dienone is 8. The van der Waals surface area contributed by atoms with Crippen LogP contribution < -0.4 is 0 Å². The second-order valence-corrected chi connectivity index (χ2v) is 5.30. The van der Waals surface area contributed by atoms with Crippen molar-refractivity contribution in [2.75, 3.05) is 0 Å². The van der Waals surface area contributed by atoms with Gasteiger partial charge in [-0.3, -0.25) is 0 Å². The van der Waals surface area contributed by atoms with Gasteiger partial charge in [-0.05, 0) is 23.7 Å². The lowest BCUT2D eigenvalue weighted by atomic mass is 9.55. The quantitative estimate of drug-likeness (QED) is 0.455. The van der Waals surface area contributed by atoms with Crippen molar-refractivity contribution in [2.24, 2.45) is 23.7 Å². The Bertz CT molecular complexity index is 424. The number of hydrogen-bond donors (Lipinski definition) is 0. The third-order valence-corrected chi connectivity index (χ3v) is 4.39. The molecule has 1 nitrogen and oxygen atoms in total.